The number of carbonyl (C=O) groups is 2. The average molecular weight is 383 g/mol. The number of amides is 1. The molecule has 1 unspecified atom stereocenters. The third-order valence-corrected chi connectivity index (χ3v) is 4.37. The minimum atomic E-state index is -0.392. The second-order valence-corrected chi connectivity index (χ2v) is 6.52. The lowest BCUT2D eigenvalue weighted by Crippen LogP contribution is -2.35. The van der Waals surface area contributed by atoms with E-state index in [0.717, 1.165) is 16.9 Å². The second-order valence-electron chi connectivity index (χ2n) is 6.52. The highest BCUT2D eigenvalue weighted by Gasteiger charge is 2.21. The molecule has 1 amide bonds. The van der Waals surface area contributed by atoms with Crippen molar-refractivity contribution in [3.05, 3.63) is 65.7 Å². The van der Waals surface area contributed by atoms with Crippen LogP contribution in [0.4, 0.5) is 0 Å². The lowest BCUT2D eigenvalue weighted by molar-refractivity contribution is -0.147. The lowest BCUT2D eigenvalue weighted by Gasteiger charge is -2.16. The summed E-state index contributed by atoms with van der Waals surface area (Å²) >= 11 is 0. The Balaban J connectivity index is 1.83. The van der Waals surface area contributed by atoms with Gasteiger partial charge in [0.05, 0.1) is 19.1 Å². The number of aryl methyl sites for hydroxylation is 1. The first-order chi connectivity index (χ1) is 13.6. The molecule has 0 saturated carbocycles. The molecule has 0 heterocycles. The quantitative estimate of drug-likeness (QED) is 0.603. The van der Waals surface area contributed by atoms with Gasteiger partial charge in [-0.2, -0.15) is 0 Å². The molecule has 0 aromatic heterocycles. The number of rotatable bonds is 11. The molecule has 1 atom stereocenters. The first-order valence-electron chi connectivity index (χ1n) is 9.81. The molecule has 5 nitrogen and oxygen atoms in total. The molecule has 0 saturated heterocycles. The number of carbonyl (C=O) groups excluding carboxylic acids is 2. The highest BCUT2D eigenvalue weighted by atomic mass is 16.5. The molecule has 0 fully saturated rings. The maximum atomic E-state index is 12.2. The van der Waals surface area contributed by atoms with E-state index in [0.29, 0.717) is 32.5 Å². The van der Waals surface area contributed by atoms with Gasteiger partial charge in [-0.25, -0.2) is 0 Å². The smallest absolute Gasteiger partial charge is 0.311 e. The highest BCUT2D eigenvalue weighted by molar-refractivity contribution is 5.78. The number of nitrogens with one attached hydrogen (secondary N) is 1. The summed E-state index contributed by atoms with van der Waals surface area (Å²) < 4.78 is 10.6. The number of benzene rings is 2. The van der Waals surface area contributed by atoms with E-state index in [-0.39, 0.29) is 18.4 Å². The Morgan fingerprint density at radius 2 is 1.64 bits per heavy atom. The fourth-order valence-corrected chi connectivity index (χ4v) is 2.90. The minimum absolute atomic E-state index is 0.0729. The molecule has 2 aromatic carbocycles. The van der Waals surface area contributed by atoms with Crippen molar-refractivity contribution in [1.29, 1.82) is 0 Å². The summed E-state index contributed by atoms with van der Waals surface area (Å²) in [5, 5.41) is 2.88. The van der Waals surface area contributed by atoms with Crippen LogP contribution >= 0.6 is 0 Å². The Kier molecular flexibility index (Phi) is 9.05. The van der Waals surface area contributed by atoms with Crippen LogP contribution in [-0.2, 0) is 27.2 Å². The minimum Gasteiger partial charge on any atom is -0.494 e. The third-order valence-electron chi connectivity index (χ3n) is 4.37. The summed E-state index contributed by atoms with van der Waals surface area (Å²) in [6.45, 7) is 4.96. The zero-order valence-corrected chi connectivity index (χ0v) is 16.6. The fraction of sp³-hybridized carbons (Fsp3) is 0.391. The summed E-state index contributed by atoms with van der Waals surface area (Å²) in [6.07, 6.45) is 1.55. The highest BCUT2D eigenvalue weighted by Crippen LogP contribution is 2.14. The monoisotopic (exact) mass is 383 g/mol. The standard InChI is InChI=1S/C23H29NO4/c1-3-27-21-13-10-18(11-14-21)12-15-22(25)24-17-20(23(26)28-4-2)16-19-8-6-5-7-9-19/h5-11,13-14,20H,3-4,12,15-17H2,1-2H3,(H,24,25). The third kappa shape index (κ3) is 7.43. The Morgan fingerprint density at radius 3 is 2.29 bits per heavy atom. The van der Waals surface area contributed by atoms with Gasteiger partial charge in [-0.3, -0.25) is 9.59 Å². The normalized spacial score (nSPS) is 11.5. The van der Waals surface area contributed by atoms with Crippen LogP contribution in [0.1, 0.15) is 31.4 Å². The maximum absolute atomic E-state index is 12.2. The Labute approximate surface area is 167 Å². The van der Waals surface area contributed by atoms with Crippen molar-refractivity contribution < 1.29 is 19.1 Å². The van der Waals surface area contributed by atoms with E-state index >= 15 is 0 Å². The van der Waals surface area contributed by atoms with Crippen molar-refractivity contribution in [2.75, 3.05) is 19.8 Å². The number of ether oxygens (including phenoxy) is 2. The Hall–Kier alpha value is -2.82. The van der Waals surface area contributed by atoms with Crippen molar-refractivity contribution in [2.24, 2.45) is 5.92 Å². The first-order valence-corrected chi connectivity index (χ1v) is 9.81. The van der Waals surface area contributed by atoms with Gasteiger partial charge in [-0.05, 0) is 49.9 Å². The molecule has 2 aromatic rings. The number of hydrogen-bond acceptors (Lipinski definition) is 4. The number of hydrogen-bond donors (Lipinski definition) is 1. The SMILES string of the molecule is CCOC(=O)C(CNC(=O)CCc1ccc(OCC)cc1)Cc1ccccc1. The van der Waals surface area contributed by atoms with E-state index in [4.69, 9.17) is 9.47 Å². The van der Waals surface area contributed by atoms with Crippen molar-refractivity contribution in [1.82, 2.24) is 5.32 Å². The maximum Gasteiger partial charge on any atom is 0.311 e. The summed E-state index contributed by atoms with van der Waals surface area (Å²) in [5.41, 5.74) is 2.12. The molecule has 0 aliphatic rings. The lowest BCUT2D eigenvalue weighted by atomic mass is 9.99. The molecule has 0 spiro atoms. The van der Waals surface area contributed by atoms with E-state index in [1.54, 1.807) is 6.92 Å². The van der Waals surface area contributed by atoms with Crippen LogP contribution in [0.5, 0.6) is 5.75 Å². The predicted molar refractivity (Wildman–Crippen MR) is 109 cm³/mol. The molecule has 0 aliphatic heterocycles. The zero-order chi connectivity index (χ0) is 20.2. The molecule has 0 radical (unpaired) electrons. The van der Waals surface area contributed by atoms with Gasteiger partial charge in [0.25, 0.3) is 0 Å². The van der Waals surface area contributed by atoms with Crippen molar-refractivity contribution in [3.63, 3.8) is 0 Å². The summed E-state index contributed by atoms with van der Waals surface area (Å²) in [6, 6.07) is 17.5. The van der Waals surface area contributed by atoms with Crippen LogP contribution in [0.25, 0.3) is 0 Å². The molecule has 0 bridgehead atoms. The van der Waals surface area contributed by atoms with Gasteiger partial charge < -0.3 is 14.8 Å². The van der Waals surface area contributed by atoms with Crippen molar-refractivity contribution in [3.8, 4) is 5.75 Å². The molecular weight excluding hydrogens is 354 g/mol. The van der Waals surface area contributed by atoms with E-state index < -0.39 is 5.92 Å². The van der Waals surface area contributed by atoms with Gasteiger partial charge in [-0.15, -0.1) is 0 Å². The van der Waals surface area contributed by atoms with Crippen molar-refractivity contribution >= 4 is 11.9 Å². The Morgan fingerprint density at radius 1 is 0.929 bits per heavy atom. The summed E-state index contributed by atoms with van der Waals surface area (Å²) in [4.78, 5) is 24.5. The van der Waals surface area contributed by atoms with E-state index in [9.17, 15) is 9.59 Å². The van der Waals surface area contributed by atoms with Gasteiger partial charge in [0.1, 0.15) is 5.75 Å². The molecule has 150 valence electrons. The van der Waals surface area contributed by atoms with Gasteiger partial charge in [0, 0.05) is 13.0 Å². The molecule has 28 heavy (non-hydrogen) atoms. The number of esters is 1. The van der Waals surface area contributed by atoms with Crippen LogP contribution in [0.2, 0.25) is 0 Å². The van der Waals surface area contributed by atoms with E-state index in [1.807, 2.05) is 61.5 Å². The second kappa shape index (κ2) is 11.8. The van der Waals surface area contributed by atoms with Crippen LogP contribution in [0.15, 0.2) is 54.6 Å². The van der Waals surface area contributed by atoms with Crippen molar-refractivity contribution in [2.45, 2.75) is 33.1 Å². The van der Waals surface area contributed by atoms with Gasteiger partial charge in [-0.1, -0.05) is 42.5 Å². The first kappa shape index (κ1) is 21.5. The fourth-order valence-electron chi connectivity index (χ4n) is 2.90. The Bertz CT molecular complexity index is 728. The summed E-state index contributed by atoms with van der Waals surface area (Å²) in [5.74, 6) is 0.0834. The van der Waals surface area contributed by atoms with Crippen LogP contribution in [0.3, 0.4) is 0 Å². The van der Waals surface area contributed by atoms with E-state index in [2.05, 4.69) is 5.32 Å². The van der Waals surface area contributed by atoms with Gasteiger partial charge in [0.15, 0.2) is 0 Å². The van der Waals surface area contributed by atoms with Crippen LogP contribution in [0, 0.1) is 5.92 Å². The van der Waals surface area contributed by atoms with E-state index in [1.165, 1.54) is 0 Å². The topological polar surface area (TPSA) is 64.6 Å². The molecule has 0 aliphatic carbocycles. The summed E-state index contributed by atoms with van der Waals surface area (Å²) in [7, 11) is 0. The molecular formula is C23H29NO4. The zero-order valence-electron chi connectivity index (χ0n) is 16.6. The largest absolute Gasteiger partial charge is 0.494 e. The molecule has 5 heteroatoms. The molecule has 2 rings (SSSR count). The van der Waals surface area contributed by atoms with Crippen LogP contribution in [-0.4, -0.2) is 31.6 Å². The van der Waals surface area contributed by atoms with Gasteiger partial charge in [0.2, 0.25) is 5.91 Å². The molecule has 1 N–H and O–H groups in total. The average Bonchev–Trinajstić information content (AvgIpc) is 2.71. The van der Waals surface area contributed by atoms with Gasteiger partial charge >= 0.3 is 5.97 Å². The van der Waals surface area contributed by atoms with Crippen LogP contribution < -0.4 is 10.1 Å². The predicted octanol–water partition coefficient (Wildman–Crippen LogP) is 3.56.